The van der Waals surface area contributed by atoms with E-state index in [-0.39, 0.29) is 5.56 Å². The summed E-state index contributed by atoms with van der Waals surface area (Å²) < 4.78 is 11.0. The second-order valence-corrected chi connectivity index (χ2v) is 6.48. The van der Waals surface area contributed by atoms with Crippen LogP contribution < -0.4 is 9.47 Å². The van der Waals surface area contributed by atoms with Crippen LogP contribution in [-0.4, -0.2) is 30.3 Å². The van der Waals surface area contributed by atoms with E-state index in [1.165, 1.54) is 0 Å². The van der Waals surface area contributed by atoms with E-state index in [2.05, 4.69) is 4.98 Å². The molecule has 4 aromatic rings. The number of ether oxygens (including phenoxy) is 2. The van der Waals surface area contributed by atoms with Crippen LogP contribution in [0, 0.1) is 0 Å². The zero-order valence-corrected chi connectivity index (χ0v) is 15.6. The highest BCUT2D eigenvalue weighted by Gasteiger charge is 2.17. The molecule has 0 aliphatic rings. The highest BCUT2D eigenvalue weighted by Crippen LogP contribution is 2.32. The van der Waals surface area contributed by atoms with Gasteiger partial charge in [-0.15, -0.1) is 0 Å². The number of benzene rings is 3. The molecule has 0 spiro atoms. The summed E-state index contributed by atoms with van der Waals surface area (Å²) in [6.45, 7) is 0. The maximum atomic E-state index is 12.0. The number of hydrogen-bond donors (Lipinski definition) is 1. The summed E-state index contributed by atoms with van der Waals surface area (Å²) in [5.74, 6) is 0.500. The maximum absolute atomic E-state index is 12.0. The van der Waals surface area contributed by atoms with Crippen molar-refractivity contribution in [3.63, 3.8) is 0 Å². The average molecular weight is 373 g/mol. The van der Waals surface area contributed by atoms with Crippen molar-refractivity contribution in [3.8, 4) is 11.5 Å². The van der Waals surface area contributed by atoms with Crippen LogP contribution in [0.4, 0.5) is 0 Å². The number of aromatic nitrogens is 1. The van der Waals surface area contributed by atoms with E-state index in [0.717, 1.165) is 22.6 Å². The molecule has 5 heteroatoms. The molecule has 5 nitrogen and oxygen atoms in total. The fourth-order valence-corrected chi connectivity index (χ4v) is 3.59. The Morgan fingerprint density at radius 3 is 2.25 bits per heavy atom. The van der Waals surface area contributed by atoms with Crippen molar-refractivity contribution < 1.29 is 19.4 Å². The number of carbonyl (C=O) groups is 1. The largest absolute Gasteiger partial charge is 0.496 e. The summed E-state index contributed by atoms with van der Waals surface area (Å²) >= 11 is 0. The van der Waals surface area contributed by atoms with Crippen molar-refractivity contribution in [1.82, 2.24) is 4.98 Å². The Kier molecular flexibility index (Phi) is 4.57. The molecule has 0 aliphatic carbocycles. The van der Waals surface area contributed by atoms with Crippen LogP contribution in [0.3, 0.4) is 0 Å². The molecule has 0 bridgehead atoms. The molecule has 4 rings (SSSR count). The van der Waals surface area contributed by atoms with Crippen LogP contribution in [0.1, 0.15) is 21.5 Å². The van der Waals surface area contributed by atoms with Gasteiger partial charge >= 0.3 is 5.97 Å². The Balaban J connectivity index is 1.90. The topological polar surface area (TPSA) is 68.7 Å². The summed E-state index contributed by atoms with van der Waals surface area (Å²) in [5.41, 5.74) is 3.47. The third kappa shape index (κ3) is 3.01. The van der Waals surface area contributed by atoms with Crippen molar-refractivity contribution in [2.45, 2.75) is 6.42 Å². The lowest BCUT2D eigenvalue weighted by atomic mass is 9.97. The second-order valence-electron chi connectivity index (χ2n) is 6.48. The van der Waals surface area contributed by atoms with Crippen LogP contribution in [0.25, 0.3) is 21.8 Å². The Morgan fingerprint density at radius 1 is 0.893 bits per heavy atom. The third-order valence-electron chi connectivity index (χ3n) is 4.87. The number of nitrogens with zero attached hydrogens (tertiary/aromatic N) is 1. The fraction of sp³-hybridized carbons (Fsp3) is 0.130. The molecule has 0 aliphatic heterocycles. The molecule has 1 aromatic heterocycles. The molecule has 1 heterocycles. The molecule has 140 valence electrons. The first-order valence-corrected chi connectivity index (χ1v) is 8.87. The number of rotatable bonds is 5. The van der Waals surface area contributed by atoms with E-state index in [0.29, 0.717) is 28.2 Å². The lowest BCUT2D eigenvalue weighted by molar-refractivity contribution is 0.0701. The van der Waals surface area contributed by atoms with Gasteiger partial charge in [-0.3, -0.25) is 0 Å². The molecule has 3 aromatic carbocycles. The van der Waals surface area contributed by atoms with Crippen molar-refractivity contribution >= 4 is 27.8 Å². The first-order chi connectivity index (χ1) is 13.6. The van der Waals surface area contributed by atoms with Crippen LogP contribution in [-0.2, 0) is 6.42 Å². The third-order valence-corrected chi connectivity index (χ3v) is 4.87. The molecule has 0 radical (unpaired) electrons. The lowest BCUT2D eigenvalue weighted by Crippen LogP contribution is -2.02. The molecule has 1 N–H and O–H groups in total. The Bertz CT molecular complexity index is 1180. The normalized spacial score (nSPS) is 10.9. The van der Waals surface area contributed by atoms with Gasteiger partial charge in [0.2, 0.25) is 0 Å². The lowest BCUT2D eigenvalue weighted by Gasteiger charge is -2.14. The second kappa shape index (κ2) is 7.19. The standard InChI is InChI=1S/C23H19NO4/c1-27-20-8-5-9-21(28-2)17(20)13-14-10-11-19-16(12-14)22(23(25)26)15-6-3-4-7-18(15)24-19/h3-12H,13H2,1-2H3,(H,25,26). The predicted octanol–water partition coefficient (Wildman–Crippen LogP) is 4.69. The Hall–Kier alpha value is -3.60. The highest BCUT2D eigenvalue weighted by atomic mass is 16.5. The molecule has 0 fully saturated rings. The summed E-state index contributed by atoms with van der Waals surface area (Å²) in [6, 6.07) is 18.7. The van der Waals surface area contributed by atoms with Crippen molar-refractivity contribution in [1.29, 1.82) is 0 Å². The number of methoxy groups -OCH3 is 2. The molecule has 0 saturated carbocycles. The maximum Gasteiger partial charge on any atom is 0.337 e. The van der Waals surface area contributed by atoms with Crippen molar-refractivity contribution in [2.75, 3.05) is 14.2 Å². The van der Waals surface area contributed by atoms with Gasteiger partial charge in [-0.1, -0.05) is 30.3 Å². The minimum Gasteiger partial charge on any atom is -0.496 e. The van der Waals surface area contributed by atoms with E-state index >= 15 is 0 Å². The first kappa shape index (κ1) is 17.8. The minimum atomic E-state index is -0.962. The SMILES string of the molecule is COc1cccc(OC)c1Cc1ccc2nc3ccccc3c(C(=O)O)c2c1. The molecular formula is C23H19NO4. The van der Waals surface area contributed by atoms with Gasteiger partial charge in [0.05, 0.1) is 30.8 Å². The van der Waals surface area contributed by atoms with E-state index in [4.69, 9.17) is 9.47 Å². The zero-order valence-electron chi connectivity index (χ0n) is 15.6. The molecule has 0 unspecified atom stereocenters. The van der Waals surface area contributed by atoms with Gasteiger partial charge in [0, 0.05) is 22.8 Å². The summed E-state index contributed by atoms with van der Waals surface area (Å²) in [5, 5.41) is 11.1. The van der Waals surface area contributed by atoms with E-state index in [9.17, 15) is 9.90 Å². The number of carboxylic acid groups (broad SMARTS) is 1. The first-order valence-electron chi connectivity index (χ1n) is 8.87. The molecule has 0 atom stereocenters. The quantitative estimate of drug-likeness (QED) is 0.514. The number of pyridine rings is 1. The van der Waals surface area contributed by atoms with Gasteiger partial charge in [-0.2, -0.15) is 0 Å². The van der Waals surface area contributed by atoms with Crippen molar-refractivity contribution in [3.05, 3.63) is 77.4 Å². The van der Waals surface area contributed by atoms with Gasteiger partial charge < -0.3 is 14.6 Å². The fourth-order valence-electron chi connectivity index (χ4n) is 3.59. The summed E-state index contributed by atoms with van der Waals surface area (Å²) in [7, 11) is 3.24. The number of carboxylic acids is 1. The van der Waals surface area contributed by atoms with E-state index in [1.807, 2.05) is 54.6 Å². The number of hydrogen-bond acceptors (Lipinski definition) is 4. The number of aromatic carboxylic acids is 1. The molecule has 0 amide bonds. The molecular weight excluding hydrogens is 354 g/mol. The minimum absolute atomic E-state index is 0.273. The van der Waals surface area contributed by atoms with Crippen LogP contribution in [0.5, 0.6) is 11.5 Å². The summed E-state index contributed by atoms with van der Waals surface area (Å²) in [6.07, 6.45) is 0.551. The number of para-hydroxylation sites is 1. The van der Waals surface area contributed by atoms with Crippen LogP contribution in [0.2, 0.25) is 0 Å². The van der Waals surface area contributed by atoms with Gasteiger partial charge in [-0.05, 0) is 35.9 Å². The van der Waals surface area contributed by atoms with Crippen LogP contribution >= 0.6 is 0 Å². The predicted molar refractivity (Wildman–Crippen MR) is 109 cm³/mol. The van der Waals surface area contributed by atoms with E-state index in [1.54, 1.807) is 20.3 Å². The Morgan fingerprint density at radius 2 is 1.57 bits per heavy atom. The van der Waals surface area contributed by atoms with Gasteiger partial charge in [0.25, 0.3) is 0 Å². The molecule has 0 saturated heterocycles. The van der Waals surface area contributed by atoms with Gasteiger partial charge in [0.15, 0.2) is 0 Å². The summed E-state index contributed by atoms with van der Waals surface area (Å²) in [4.78, 5) is 16.7. The monoisotopic (exact) mass is 373 g/mol. The number of fused-ring (bicyclic) bond motifs is 2. The Labute approximate surface area is 162 Å². The average Bonchev–Trinajstić information content (AvgIpc) is 2.71. The zero-order chi connectivity index (χ0) is 19.7. The van der Waals surface area contributed by atoms with Gasteiger partial charge in [-0.25, -0.2) is 9.78 Å². The van der Waals surface area contributed by atoms with Crippen LogP contribution in [0.15, 0.2) is 60.7 Å². The van der Waals surface area contributed by atoms with Crippen molar-refractivity contribution in [2.24, 2.45) is 0 Å². The van der Waals surface area contributed by atoms with Gasteiger partial charge in [0.1, 0.15) is 11.5 Å². The highest BCUT2D eigenvalue weighted by molar-refractivity contribution is 6.13. The smallest absolute Gasteiger partial charge is 0.337 e. The van der Waals surface area contributed by atoms with E-state index < -0.39 is 5.97 Å². The molecule has 28 heavy (non-hydrogen) atoms.